The number of hydrogen-bond acceptors (Lipinski definition) is 12. The molecular weight excluding hydrogens is 636 g/mol. The molecule has 0 bridgehead atoms. The van der Waals surface area contributed by atoms with Crippen LogP contribution in [0.3, 0.4) is 0 Å². The first-order valence-corrected chi connectivity index (χ1v) is 14.1. The summed E-state index contributed by atoms with van der Waals surface area (Å²) in [6.45, 7) is 1.34. The second-order valence-electron chi connectivity index (χ2n) is 11.2. The van der Waals surface area contributed by atoms with Gasteiger partial charge in [0.1, 0.15) is 0 Å². The van der Waals surface area contributed by atoms with Crippen LogP contribution in [0.1, 0.15) is 110 Å². The lowest BCUT2D eigenvalue weighted by atomic mass is 9.53. The minimum atomic E-state index is -2.48. The van der Waals surface area contributed by atoms with E-state index in [0.717, 1.165) is 54.6 Å². The van der Waals surface area contributed by atoms with Crippen molar-refractivity contribution < 1.29 is 72.7 Å². The minimum absolute atomic E-state index is 0.205. The number of aliphatic carboxylic acids is 3. The van der Waals surface area contributed by atoms with E-state index >= 15 is 0 Å². The molecule has 0 spiro atoms. The summed E-state index contributed by atoms with van der Waals surface area (Å²) >= 11 is 0. The fourth-order valence-electron chi connectivity index (χ4n) is 7.01. The number of carbonyl (C=O) groups excluding carboxylic acids is 6. The van der Waals surface area contributed by atoms with Crippen LogP contribution in [0, 0.1) is 5.41 Å². The molecule has 15 heteroatoms. The van der Waals surface area contributed by atoms with Crippen LogP contribution < -0.4 is 0 Å². The Morgan fingerprint density at radius 2 is 0.750 bits per heavy atom. The number of carbonyl (C=O) groups is 9. The molecule has 3 unspecified atom stereocenters. The summed E-state index contributed by atoms with van der Waals surface area (Å²) in [7, 11) is 0. The Labute approximate surface area is 267 Å². The normalized spacial score (nSPS) is 17.7. The van der Waals surface area contributed by atoms with Gasteiger partial charge in [0, 0.05) is 5.41 Å². The topological polar surface area (TPSA) is 242 Å². The van der Waals surface area contributed by atoms with Crippen LogP contribution in [0.2, 0.25) is 0 Å². The molecular formula is C33H20O15. The Bertz CT molecular complexity index is 1840. The highest BCUT2D eigenvalue weighted by Crippen LogP contribution is 2.59. The highest BCUT2D eigenvalue weighted by Gasteiger charge is 2.60. The van der Waals surface area contributed by atoms with Crippen LogP contribution in [-0.4, -0.2) is 69.0 Å². The highest BCUT2D eigenvalue weighted by molar-refractivity contribution is 6.16. The van der Waals surface area contributed by atoms with Gasteiger partial charge < -0.3 is 29.5 Å². The molecule has 3 atom stereocenters. The molecule has 242 valence electrons. The van der Waals surface area contributed by atoms with E-state index in [1.165, 1.54) is 6.92 Å². The second kappa shape index (κ2) is 11.1. The van der Waals surface area contributed by atoms with Crippen molar-refractivity contribution in [1.29, 1.82) is 0 Å². The third kappa shape index (κ3) is 4.54. The van der Waals surface area contributed by atoms with Gasteiger partial charge in [-0.1, -0.05) is 25.1 Å². The second-order valence-corrected chi connectivity index (χ2v) is 11.2. The Balaban J connectivity index is 1.69. The predicted molar refractivity (Wildman–Crippen MR) is 152 cm³/mol. The molecule has 6 rings (SSSR count). The molecule has 3 aliphatic heterocycles. The van der Waals surface area contributed by atoms with E-state index in [2.05, 4.69) is 14.2 Å². The molecule has 0 radical (unpaired) electrons. The van der Waals surface area contributed by atoms with Crippen LogP contribution in [0.5, 0.6) is 0 Å². The van der Waals surface area contributed by atoms with E-state index in [9.17, 15) is 58.5 Å². The van der Waals surface area contributed by atoms with Gasteiger partial charge in [-0.2, -0.15) is 0 Å². The Hall–Kier alpha value is -6.51. The summed E-state index contributed by atoms with van der Waals surface area (Å²) in [5.41, 5.74) is -4.96. The maximum Gasteiger partial charge on any atom is 0.346 e. The smallest absolute Gasteiger partial charge is 0.346 e. The van der Waals surface area contributed by atoms with Crippen molar-refractivity contribution in [3.63, 3.8) is 0 Å². The number of carboxylic acid groups (broad SMARTS) is 3. The van der Waals surface area contributed by atoms with Crippen LogP contribution in [0.25, 0.3) is 0 Å². The molecule has 0 fully saturated rings. The van der Waals surface area contributed by atoms with Gasteiger partial charge in [-0.15, -0.1) is 0 Å². The van der Waals surface area contributed by atoms with Gasteiger partial charge in [0.15, 0.2) is 0 Å². The van der Waals surface area contributed by atoms with Crippen LogP contribution in [0.4, 0.5) is 0 Å². The number of fused-ring (bicyclic) bond motifs is 3. The number of cyclic esters (lactones) is 6. The fraction of sp³-hybridized carbons (Fsp3) is 0.182. The summed E-state index contributed by atoms with van der Waals surface area (Å²) in [5.74, 6) is -17.9. The van der Waals surface area contributed by atoms with Crippen LogP contribution in [0.15, 0.2) is 54.6 Å². The lowest BCUT2D eigenvalue weighted by molar-refractivity contribution is -0.154. The maximum absolute atomic E-state index is 13.4. The zero-order chi connectivity index (χ0) is 34.8. The zero-order valence-corrected chi connectivity index (χ0v) is 24.4. The maximum atomic E-state index is 13.4. The van der Waals surface area contributed by atoms with Gasteiger partial charge >= 0.3 is 53.7 Å². The molecule has 0 aliphatic carbocycles. The van der Waals surface area contributed by atoms with E-state index in [0.29, 0.717) is 0 Å². The number of ether oxygens (including phenoxy) is 3. The van der Waals surface area contributed by atoms with E-state index in [1.807, 2.05) is 0 Å². The lowest BCUT2D eigenvalue weighted by Gasteiger charge is -2.47. The van der Waals surface area contributed by atoms with Gasteiger partial charge in [0.25, 0.3) is 0 Å². The monoisotopic (exact) mass is 656 g/mol. The SMILES string of the molecule is CCC(C(C(=O)O)c1ccc2c(c1)C(=O)OC2=O)(C(C(=O)O)c1ccc2c(c1)C(=O)OC2=O)C(C(=O)O)c1ccc2c(c1)C(=O)OC2=O. The van der Waals surface area contributed by atoms with Gasteiger partial charge in [-0.3, -0.25) is 14.4 Å². The fourth-order valence-corrected chi connectivity index (χ4v) is 7.01. The Morgan fingerprint density at radius 1 is 0.500 bits per heavy atom. The quantitative estimate of drug-likeness (QED) is 0.161. The molecule has 0 amide bonds. The number of rotatable bonds is 10. The first-order chi connectivity index (χ1) is 22.7. The average molecular weight is 657 g/mol. The first-order valence-electron chi connectivity index (χ1n) is 14.1. The minimum Gasteiger partial charge on any atom is -0.481 e. The van der Waals surface area contributed by atoms with Crippen molar-refractivity contribution in [3.05, 3.63) is 105 Å². The van der Waals surface area contributed by atoms with Crippen molar-refractivity contribution in [2.45, 2.75) is 31.1 Å². The number of esters is 6. The third-order valence-corrected chi connectivity index (χ3v) is 8.97. The highest BCUT2D eigenvalue weighted by atomic mass is 16.6. The molecule has 3 N–H and O–H groups in total. The van der Waals surface area contributed by atoms with E-state index in [-0.39, 0.29) is 50.1 Å². The molecule has 3 heterocycles. The first kappa shape index (κ1) is 31.5. The lowest BCUT2D eigenvalue weighted by Crippen LogP contribution is -2.49. The summed E-state index contributed by atoms with van der Waals surface area (Å²) in [6.07, 6.45) is -0.528. The molecule has 3 aromatic carbocycles. The Morgan fingerprint density at radius 3 is 0.979 bits per heavy atom. The summed E-state index contributed by atoms with van der Waals surface area (Å²) in [6, 6.07) is 9.64. The summed E-state index contributed by atoms with van der Waals surface area (Å²) in [4.78, 5) is 114. The predicted octanol–water partition coefficient (Wildman–Crippen LogP) is 2.92. The van der Waals surface area contributed by atoms with Gasteiger partial charge in [-0.25, -0.2) is 28.8 Å². The molecule has 0 saturated heterocycles. The number of carboxylic acids is 3. The molecule has 3 aliphatic rings. The van der Waals surface area contributed by atoms with Crippen molar-refractivity contribution in [2.24, 2.45) is 5.41 Å². The van der Waals surface area contributed by atoms with E-state index < -0.39 is 83.3 Å². The van der Waals surface area contributed by atoms with Crippen LogP contribution >= 0.6 is 0 Å². The molecule has 0 saturated carbocycles. The van der Waals surface area contributed by atoms with Gasteiger partial charge in [0.2, 0.25) is 0 Å². The van der Waals surface area contributed by atoms with Gasteiger partial charge in [-0.05, 0) is 59.5 Å². The zero-order valence-electron chi connectivity index (χ0n) is 24.4. The molecule has 15 nitrogen and oxygen atoms in total. The summed E-state index contributed by atoms with van der Waals surface area (Å²) in [5, 5.41) is 32.6. The van der Waals surface area contributed by atoms with Crippen molar-refractivity contribution >= 4 is 53.7 Å². The summed E-state index contributed by atoms with van der Waals surface area (Å²) < 4.78 is 13.8. The van der Waals surface area contributed by atoms with Crippen molar-refractivity contribution in [2.75, 3.05) is 0 Å². The third-order valence-electron chi connectivity index (χ3n) is 8.97. The van der Waals surface area contributed by atoms with Crippen LogP contribution in [-0.2, 0) is 28.6 Å². The van der Waals surface area contributed by atoms with E-state index in [4.69, 9.17) is 0 Å². The molecule has 48 heavy (non-hydrogen) atoms. The van der Waals surface area contributed by atoms with Gasteiger partial charge in [0.05, 0.1) is 51.1 Å². The standard InChI is InChI=1S/C33H20O15/c1-2-33(21(24(34)35)12-3-6-15-18(9-12)30(43)46-27(15)40,22(25(36)37)13-4-7-16-19(10-13)31(44)47-28(16)41)23(26(38)39)14-5-8-17-20(11-14)32(45)48-29(17)42/h3-11,21-23H,2H2,1H3,(H,34,35)(H,36,37)(H,38,39). The number of hydrogen-bond donors (Lipinski definition) is 3. The largest absolute Gasteiger partial charge is 0.481 e. The van der Waals surface area contributed by atoms with Crippen molar-refractivity contribution in [1.82, 2.24) is 0 Å². The van der Waals surface area contributed by atoms with E-state index in [1.54, 1.807) is 0 Å². The average Bonchev–Trinajstić information content (AvgIpc) is 3.59. The molecule has 3 aromatic rings. The number of benzene rings is 3. The van der Waals surface area contributed by atoms with Crippen molar-refractivity contribution in [3.8, 4) is 0 Å². The Kier molecular flexibility index (Phi) is 7.26. The molecule has 0 aromatic heterocycles.